The molecular formula is C16H23N3OS. The van der Waals surface area contributed by atoms with Crippen molar-refractivity contribution in [2.75, 3.05) is 22.1 Å². The third kappa shape index (κ3) is 3.28. The number of thioether (sulfide) groups is 1. The van der Waals surface area contributed by atoms with Crippen LogP contribution in [0, 0.1) is 0 Å². The summed E-state index contributed by atoms with van der Waals surface area (Å²) in [4.78, 5) is 11.4. The van der Waals surface area contributed by atoms with Crippen molar-refractivity contribution >= 4 is 34.7 Å². The van der Waals surface area contributed by atoms with Crippen molar-refractivity contribution in [1.82, 2.24) is 0 Å². The van der Waals surface area contributed by atoms with Gasteiger partial charge in [0, 0.05) is 23.4 Å². The normalized spacial score (nSPS) is 24.5. The molecule has 4 nitrogen and oxygen atoms in total. The molecule has 1 aliphatic carbocycles. The fourth-order valence-corrected chi connectivity index (χ4v) is 4.39. The number of carbonyl (C=O) groups excluding carboxylic acids is 1. The summed E-state index contributed by atoms with van der Waals surface area (Å²) in [6.07, 6.45) is 5.08. The number of carbonyl (C=O) groups is 1. The Kier molecular flexibility index (Phi) is 4.29. The standard InChI is InChI=1S/C16H23N3OS/c1-2-21-12-5-4-11(8-12)18-15-7-10-3-6-16(20)19-14(10)9-13(15)17/h7,9,11-12,18H,2-6,8,17H2,1H3,(H,19,20). The van der Waals surface area contributed by atoms with Gasteiger partial charge >= 0.3 is 0 Å². The number of rotatable bonds is 4. The highest BCUT2D eigenvalue weighted by Crippen LogP contribution is 2.35. The van der Waals surface area contributed by atoms with Gasteiger partial charge in [-0.2, -0.15) is 11.8 Å². The van der Waals surface area contributed by atoms with E-state index in [0.29, 0.717) is 12.5 Å². The highest BCUT2D eigenvalue weighted by atomic mass is 32.2. The van der Waals surface area contributed by atoms with Crippen molar-refractivity contribution in [3.8, 4) is 0 Å². The van der Waals surface area contributed by atoms with Crippen LogP contribution < -0.4 is 16.4 Å². The predicted molar refractivity (Wildman–Crippen MR) is 91.0 cm³/mol. The summed E-state index contributed by atoms with van der Waals surface area (Å²) in [6, 6.07) is 4.53. The summed E-state index contributed by atoms with van der Waals surface area (Å²) in [5.74, 6) is 1.27. The molecule has 2 unspecified atom stereocenters. The maximum Gasteiger partial charge on any atom is 0.224 e. The number of fused-ring (bicyclic) bond motifs is 1. The summed E-state index contributed by atoms with van der Waals surface area (Å²) < 4.78 is 0. The van der Waals surface area contributed by atoms with Gasteiger partial charge in [-0.3, -0.25) is 4.79 Å². The molecule has 114 valence electrons. The van der Waals surface area contributed by atoms with Gasteiger partial charge in [-0.15, -0.1) is 0 Å². The third-order valence-electron chi connectivity index (χ3n) is 4.32. The van der Waals surface area contributed by atoms with E-state index in [9.17, 15) is 4.79 Å². The quantitative estimate of drug-likeness (QED) is 0.747. The van der Waals surface area contributed by atoms with Gasteiger partial charge in [0.15, 0.2) is 0 Å². The van der Waals surface area contributed by atoms with Gasteiger partial charge < -0.3 is 16.4 Å². The molecule has 0 saturated heterocycles. The highest BCUT2D eigenvalue weighted by Gasteiger charge is 2.25. The van der Waals surface area contributed by atoms with E-state index >= 15 is 0 Å². The molecule has 0 spiro atoms. The molecule has 1 saturated carbocycles. The van der Waals surface area contributed by atoms with E-state index in [1.807, 2.05) is 6.07 Å². The average Bonchev–Trinajstić information content (AvgIpc) is 2.88. The fraction of sp³-hybridized carbons (Fsp3) is 0.562. The second kappa shape index (κ2) is 6.18. The van der Waals surface area contributed by atoms with Gasteiger partial charge in [0.2, 0.25) is 5.91 Å². The van der Waals surface area contributed by atoms with E-state index in [0.717, 1.165) is 28.7 Å². The molecule has 1 amide bonds. The van der Waals surface area contributed by atoms with E-state index in [1.165, 1.54) is 30.6 Å². The zero-order chi connectivity index (χ0) is 14.8. The van der Waals surface area contributed by atoms with E-state index in [4.69, 9.17) is 5.73 Å². The molecule has 2 atom stereocenters. The molecule has 0 bridgehead atoms. The van der Waals surface area contributed by atoms with Crippen molar-refractivity contribution < 1.29 is 4.79 Å². The van der Waals surface area contributed by atoms with Crippen molar-refractivity contribution in [3.05, 3.63) is 17.7 Å². The zero-order valence-electron chi connectivity index (χ0n) is 12.4. The van der Waals surface area contributed by atoms with E-state index in [2.05, 4.69) is 35.4 Å². The largest absolute Gasteiger partial charge is 0.397 e. The van der Waals surface area contributed by atoms with Gasteiger partial charge in [0.05, 0.1) is 11.4 Å². The van der Waals surface area contributed by atoms with Gasteiger partial charge in [-0.25, -0.2) is 0 Å². The lowest BCUT2D eigenvalue weighted by atomic mass is 10.0. The summed E-state index contributed by atoms with van der Waals surface area (Å²) in [7, 11) is 0. The van der Waals surface area contributed by atoms with Crippen molar-refractivity contribution in [1.29, 1.82) is 0 Å². The maximum atomic E-state index is 11.4. The number of hydrogen-bond donors (Lipinski definition) is 3. The number of amides is 1. The monoisotopic (exact) mass is 305 g/mol. The molecule has 0 radical (unpaired) electrons. The molecule has 4 N–H and O–H groups in total. The molecule has 1 aromatic carbocycles. The Hall–Kier alpha value is -1.36. The Bertz CT molecular complexity index is 547. The lowest BCUT2D eigenvalue weighted by molar-refractivity contribution is -0.116. The molecule has 21 heavy (non-hydrogen) atoms. The Balaban J connectivity index is 1.70. The molecule has 0 aromatic heterocycles. The Morgan fingerprint density at radius 2 is 2.24 bits per heavy atom. The number of benzene rings is 1. The molecule has 5 heteroatoms. The van der Waals surface area contributed by atoms with Gasteiger partial charge in [-0.05, 0) is 49.1 Å². The minimum Gasteiger partial charge on any atom is -0.397 e. The first-order chi connectivity index (χ1) is 10.2. The molecule has 1 heterocycles. The van der Waals surface area contributed by atoms with E-state index in [1.54, 1.807) is 0 Å². The summed E-state index contributed by atoms with van der Waals surface area (Å²) in [5, 5.41) is 7.29. The second-order valence-corrected chi connectivity index (χ2v) is 7.45. The lowest BCUT2D eigenvalue weighted by Gasteiger charge is -2.22. The van der Waals surface area contributed by atoms with Crippen LogP contribution >= 0.6 is 11.8 Å². The van der Waals surface area contributed by atoms with Crippen LogP contribution in [-0.2, 0) is 11.2 Å². The van der Waals surface area contributed by atoms with Crippen molar-refractivity contribution in [2.45, 2.75) is 50.3 Å². The van der Waals surface area contributed by atoms with Crippen LogP contribution in [-0.4, -0.2) is 23.0 Å². The SMILES string of the molecule is CCSC1CCC(Nc2cc3c(cc2N)NC(=O)CC3)C1. The van der Waals surface area contributed by atoms with Crippen LogP contribution in [0.3, 0.4) is 0 Å². The number of hydrogen-bond acceptors (Lipinski definition) is 4. The van der Waals surface area contributed by atoms with Crippen LogP contribution in [0.25, 0.3) is 0 Å². The molecule has 2 aliphatic rings. The minimum atomic E-state index is 0.0813. The maximum absolute atomic E-state index is 11.4. The summed E-state index contributed by atoms with van der Waals surface area (Å²) in [5.41, 5.74) is 9.95. The molecule has 1 fully saturated rings. The number of nitrogens with one attached hydrogen (secondary N) is 2. The van der Waals surface area contributed by atoms with E-state index in [-0.39, 0.29) is 5.91 Å². The summed E-state index contributed by atoms with van der Waals surface area (Å²) >= 11 is 2.06. The lowest BCUT2D eigenvalue weighted by Crippen LogP contribution is -2.21. The topological polar surface area (TPSA) is 67.2 Å². The molecule has 1 aromatic rings. The number of anilines is 3. The third-order valence-corrected chi connectivity index (χ3v) is 5.55. The van der Waals surface area contributed by atoms with Gasteiger partial charge in [0.25, 0.3) is 0 Å². The first kappa shape index (κ1) is 14.6. The van der Waals surface area contributed by atoms with Crippen LogP contribution in [0.4, 0.5) is 17.1 Å². The Labute approximate surface area is 130 Å². The van der Waals surface area contributed by atoms with Crippen LogP contribution in [0.1, 0.15) is 38.2 Å². The number of nitrogen functional groups attached to an aromatic ring is 1. The van der Waals surface area contributed by atoms with Crippen LogP contribution in [0.5, 0.6) is 0 Å². The zero-order valence-corrected chi connectivity index (χ0v) is 13.3. The van der Waals surface area contributed by atoms with Crippen LogP contribution in [0.2, 0.25) is 0 Å². The molecule has 1 aliphatic heterocycles. The average molecular weight is 305 g/mol. The Morgan fingerprint density at radius 1 is 1.38 bits per heavy atom. The van der Waals surface area contributed by atoms with Crippen LogP contribution in [0.15, 0.2) is 12.1 Å². The molecular weight excluding hydrogens is 282 g/mol. The first-order valence-electron chi connectivity index (χ1n) is 7.76. The predicted octanol–water partition coefficient (Wildman–Crippen LogP) is 3.24. The van der Waals surface area contributed by atoms with Gasteiger partial charge in [0.1, 0.15) is 0 Å². The minimum absolute atomic E-state index is 0.0813. The van der Waals surface area contributed by atoms with E-state index < -0.39 is 0 Å². The number of nitrogens with two attached hydrogens (primary N) is 1. The summed E-state index contributed by atoms with van der Waals surface area (Å²) in [6.45, 7) is 2.22. The fourth-order valence-electron chi connectivity index (χ4n) is 3.25. The highest BCUT2D eigenvalue weighted by molar-refractivity contribution is 7.99. The molecule has 3 rings (SSSR count). The van der Waals surface area contributed by atoms with Gasteiger partial charge in [-0.1, -0.05) is 6.92 Å². The first-order valence-corrected chi connectivity index (χ1v) is 8.81. The van der Waals surface area contributed by atoms with Crippen molar-refractivity contribution in [2.24, 2.45) is 0 Å². The Morgan fingerprint density at radius 3 is 3.05 bits per heavy atom. The smallest absolute Gasteiger partial charge is 0.224 e. The van der Waals surface area contributed by atoms with Crippen molar-refractivity contribution in [3.63, 3.8) is 0 Å². The second-order valence-electron chi connectivity index (χ2n) is 5.88. The number of aryl methyl sites for hydroxylation is 1.